The van der Waals surface area contributed by atoms with Gasteiger partial charge in [0.1, 0.15) is 11.2 Å². The zero-order chi connectivity index (χ0) is 17.9. The van der Waals surface area contributed by atoms with Crippen molar-refractivity contribution in [3.05, 3.63) is 42.4 Å². The van der Waals surface area contributed by atoms with Crippen LogP contribution < -0.4 is 9.64 Å². The molecular weight excluding hydrogens is 322 g/mol. The van der Waals surface area contributed by atoms with Crippen LogP contribution >= 0.6 is 0 Å². The lowest BCUT2D eigenvalue weighted by molar-refractivity contribution is 0.0262. The van der Waals surface area contributed by atoms with E-state index in [0.29, 0.717) is 31.0 Å². The van der Waals surface area contributed by atoms with Gasteiger partial charge in [-0.3, -0.25) is 4.79 Å². The monoisotopic (exact) mass is 343 g/mol. The number of nitrogens with zero attached hydrogens (tertiary/aromatic N) is 5. The van der Waals surface area contributed by atoms with Gasteiger partial charge in [-0.05, 0) is 24.6 Å². The summed E-state index contributed by atoms with van der Waals surface area (Å²) in [5, 5.41) is 10.9. The summed E-state index contributed by atoms with van der Waals surface area (Å²) in [7, 11) is 3.13. The van der Waals surface area contributed by atoms with Crippen LogP contribution in [0, 0.1) is 0 Å². The molecule has 0 spiro atoms. The third kappa shape index (κ3) is 3.69. The van der Waals surface area contributed by atoms with Crippen molar-refractivity contribution in [2.75, 3.05) is 38.7 Å². The molecule has 2 aromatic heterocycles. The lowest BCUT2D eigenvalue weighted by Crippen LogP contribution is -2.46. The van der Waals surface area contributed by atoms with Crippen LogP contribution in [0.4, 0.5) is 5.95 Å². The minimum Gasteiger partial charge on any atom is -0.480 e. The number of aromatic nitrogens is 3. The molecule has 0 radical (unpaired) electrons. The number of anilines is 1. The number of carbonyl (C=O) groups excluding carboxylic acids is 1. The lowest BCUT2D eigenvalue weighted by atomic mass is 10.0. The fourth-order valence-corrected chi connectivity index (χ4v) is 3.05. The average molecular weight is 343 g/mol. The first kappa shape index (κ1) is 17.1. The largest absolute Gasteiger partial charge is 0.480 e. The van der Waals surface area contributed by atoms with Gasteiger partial charge < -0.3 is 19.6 Å². The molecule has 1 amide bonds. The topological polar surface area (TPSA) is 91.7 Å². The summed E-state index contributed by atoms with van der Waals surface area (Å²) in [6.07, 6.45) is 5.44. The number of hydrogen-bond acceptors (Lipinski definition) is 7. The summed E-state index contributed by atoms with van der Waals surface area (Å²) < 4.78 is 5.14. The second-order valence-corrected chi connectivity index (χ2v) is 6.17. The second-order valence-electron chi connectivity index (χ2n) is 6.17. The lowest BCUT2D eigenvalue weighted by Gasteiger charge is -2.29. The number of aliphatic hydroxyl groups is 1. The summed E-state index contributed by atoms with van der Waals surface area (Å²) in [6, 6.07) is 5.09. The first-order chi connectivity index (χ1) is 12.0. The Morgan fingerprint density at radius 3 is 2.76 bits per heavy atom. The van der Waals surface area contributed by atoms with E-state index in [-0.39, 0.29) is 18.3 Å². The van der Waals surface area contributed by atoms with E-state index in [0.717, 1.165) is 0 Å². The first-order valence-electron chi connectivity index (χ1n) is 8.01. The van der Waals surface area contributed by atoms with Gasteiger partial charge in [-0.15, -0.1) is 0 Å². The molecular formula is C17H21N5O3. The number of amides is 1. The molecule has 25 heavy (non-hydrogen) atoms. The first-order valence-corrected chi connectivity index (χ1v) is 8.01. The Hall–Kier alpha value is -2.74. The van der Waals surface area contributed by atoms with E-state index < -0.39 is 5.60 Å². The predicted octanol–water partition coefficient (Wildman–Crippen LogP) is 0.594. The Morgan fingerprint density at radius 1 is 1.32 bits per heavy atom. The van der Waals surface area contributed by atoms with Gasteiger partial charge in [0.05, 0.1) is 20.2 Å². The fourth-order valence-electron chi connectivity index (χ4n) is 3.05. The molecule has 1 aliphatic heterocycles. The minimum atomic E-state index is -1.01. The van der Waals surface area contributed by atoms with Gasteiger partial charge >= 0.3 is 0 Å². The molecule has 0 aromatic carbocycles. The Kier molecular flexibility index (Phi) is 4.80. The zero-order valence-corrected chi connectivity index (χ0v) is 14.3. The molecule has 3 heterocycles. The van der Waals surface area contributed by atoms with Gasteiger partial charge in [0.25, 0.3) is 5.91 Å². The second kappa shape index (κ2) is 7.02. The summed E-state index contributed by atoms with van der Waals surface area (Å²) >= 11 is 0. The summed E-state index contributed by atoms with van der Waals surface area (Å²) in [4.78, 5) is 28.5. The molecule has 8 nitrogen and oxygen atoms in total. The van der Waals surface area contributed by atoms with Crippen LogP contribution in [0.1, 0.15) is 16.8 Å². The quantitative estimate of drug-likeness (QED) is 0.849. The summed E-state index contributed by atoms with van der Waals surface area (Å²) in [5.41, 5.74) is -0.642. The highest BCUT2D eigenvalue weighted by Crippen LogP contribution is 2.26. The predicted molar refractivity (Wildman–Crippen MR) is 91.6 cm³/mol. The molecule has 1 fully saturated rings. The van der Waals surface area contributed by atoms with Crippen LogP contribution in [0.3, 0.4) is 0 Å². The van der Waals surface area contributed by atoms with Gasteiger partial charge in [-0.2, -0.15) is 0 Å². The average Bonchev–Trinajstić information content (AvgIpc) is 3.03. The van der Waals surface area contributed by atoms with E-state index in [1.54, 1.807) is 43.8 Å². The molecule has 0 saturated carbocycles. The van der Waals surface area contributed by atoms with E-state index in [2.05, 4.69) is 15.0 Å². The third-order valence-electron chi connectivity index (χ3n) is 4.24. The van der Waals surface area contributed by atoms with Crippen molar-refractivity contribution in [2.24, 2.45) is 0 Å². The van der Waals surface area contributed by atoms with Crippen molar-refractivity contribution in [1.82, 2.24) is 19.9 Å². The van der Waals surface area contributed by atoms with E-state index in [4.69, 9.17) is 4.74 Å². The van der Waals surface area contributed by atoms with Crippen LogP contribution in [-0.2, 0) is 0 Å². The standard InChI is InChI=1S/C17H21N5O3/c1-21(15(23)13-5-3-7-18-14(13)25-2)11-17(24)6-10-22(12-17)16-19-8-4-9-20-16/h3-5,7-9,24H,6,10-12H2,1-2H3. The molecule has 2 aromatic rings. The fraction of sp³-hybridized carbons (Fsp3) is 0.412. The molecule has 8 heteroatoms. The summed E-state index contributed by atoms with van der Waals surface area (Å²) in [6.45, 7) is 1.21. The van der Waals surface area contributed by atoms with E-state index in [1.807, 2.05) is 4.90 Å². The van der Waals surface area contributed by atoms with Crippen LogP contribution in [0.25, 0.3) is 0 Å². The Balaban J connectivity index is 1.68. The van der Waals surface area contributed by atoms with Crippen molar-refractivity contribution in [2.45, 2.75) is 12.0 Å². The van der Waals surface area contributed by atoms with E-state index in [1.165, 1.54) is 12.0 Å². The summed E-state index contributed by atoms with van der Waals surface area (Å²) in [5.74, 6) is 0.617. The maximum atomic E-state index is 12.7. The highest BCUT2D eigenvalue weighted by Gasteiger charge is 2.39. The Labute approximate surface area is 146 Å². The molecule has 0 bridgehead atoms. The van der Waals surface area contributed by atoms with Gasteiger partial charge in [0.15, 0.2) is 0 Å². The van der Waals surface area contributed by atoms with Crippen LogP contribution in [0.5, 0.6) is 5.88 Å². The van der Waals surface area contributed by atoms with Crippen molar-refractivity contribution in [3.63, 3.8) is 0 Å². The normalized spacial score (nSPS) is 19.7. The smallest absolute Gasteiger partial charge is 0.259 e. The molecule has 1 N–H and O–H groups in total. The zero-order valence-electron chi connectivity index (χ0n) is 14.3. The molecule has 132 valence electrons. The maximum absolute atomic E-state index is 12.7. The number of methoxy groups -OCH3 is 1. The van der Waals surface area contributed by atoms with Crippen LogP contribution in [0.15, 0.2) is 36.8 Å². The van der Waals surface area contributed by atoms with Gasteiger partial charge in [-0.1, -0.05) is 0 Å². The highest BCUT2D eigenvalue weighted by molar-refractivity contribution is 5.96. The SMILES string of the molecule is COc1ncccc1C(=O)N(C)CC1(O)CCN(c2ncccn2)C1. The number of ether oxygens (including phenoxy) is 1. The maximum Gasteiger partial charge on any atom is 0.259 e. The van der Waals surface area contributed by atoms with Crippen molar-refractivity contribution in [1.29, 1.82) is 0 Å². The van der Waals surface area contributed by atoms with Crippen molar-refractivity contribution in [3.8, 4) is 5.88 Å². The number of pyridine rings is 1. The Morgan fingerprint density at radius 2 is 2.04 bits per heavy atom. The van der Waals surface area contributed by atoms with E-state index >= 15 is 0 Å². The minimum absolute atomic E-state index is 0.202. The number of likely N-dealkylation sites (N-methyl/N-ethyl adjacent to an activating group) is 1. The molecule has 1 saturated heterocycles. The molecule has 1 aliphatic rings. The van der Waals surface area contributed by atoms with Crippen LogP contribution in [-0.4, -0.2) is 70.3 Å². The molecule has 3 rings (SSSR count). The molecule has 0 aliphatic carbocycles. The Bertz CT molecular complexity index is 742. The number of carbonyl (C=O) groups is 1. The van der Waals surface area contributed by atoms with Crippen molar-refractivity contribution >= 4 is 11.9 Å². The van der Waals surface area contributed by atoms with Crippen LogP contribution in [0.2, 0.25) is 0 Å². The van der Waals surface area contributed by atoms with Gasteiger partial charge in [0, 0.05) is 32.2 Å². The number of hydrogen-bond donors (Lipinski definition) is 1. The van der Waals surface area contributed by atoms with Gasteiger partial charge in [-0.25, -0.2) is 15.0 Å². The molecule has 1 atom stereocenters. The molecule has 1 unspecified atom stereocenters. The highest BCUT2D eigenvalue weighted by atomic mass is 16.5. The van der Waals surface area contributed by atoms with Gasteiger partial charge in [0.2, 0.25) is 11.8 Å². The van der Waals surface area contributed by atoms with Crippen molar-refractivity contribution < 1.29 is 14.6 Å². The number of rotatable bonds is 5. The number of β-amino-alcohol motifs (C(OH)–C–C–N with tert-alkyl or cyclic N) is 1. The third-order valence-corrected chi connectivity index (χ3v) is 4.24. The van der Waals surface area contributed by atoms with E-state index in [9.17, 15) is 9.90 Å².